The third-order valence-electron chi connectivity index (χ3n) is 3.79. The molecule has 0 saturated heterocycles. The van der Waals surface area contributed by atoms with Gasteiger partial charge >= 0.3 is 0 Å². The monoisotopic (exact) mass is 351 g/mol. The summed E-state index contributed by atoms with van der Waals surface area (Å²) in [5.74, 6) is -0.416. The van der Waals surface area contributed by atoms with Gasteiger partial charge in [-0.15, -0.1) is 0 Å². The number of pyridine rings is 1. The van der Waals surface area contributed by atoms with Crippen molar-refractivity contribution in [2.45, 2.75) is 10.6 Å². The van der Waals surface area contributed by atoms with Crippen LogP contribution >= 0.6 is 0 Å². The minimum atomic E-state index is -1.30. The molecule has 1 heterocycles. The number of nitro groups is 1. The first-order valence-electron chi connectivity index (χ1n) is 8.12. The van der Waals surface area contributed by atoms with Gasteiger partial charge in [0.1, 0.15) is 28.9 Å². The molecule has 0 bridgehead atoms. The molecule has 1 N–H and O–H groups in total. The summed E-state index contributed by atoms with van der Waals surface area (Å²) in [5.41, 5.74) is 0.0136. The van der Waals surface area contributed by atoms with Gasteiger partial charge in [-0.05, 0) is 17.4 Å². The first kappa shape index (κ1) is 19.7. The molecule has 1 aromatic carbocycles. The zero-order chi connectivity index (χ0) is 19.9. The van der Waals surface area contributed by atoms with E-state index in [1.165, 1.54) is 28.8 Å². The van der Waals surface area contributed by atoms with Crippen molar-refractivity contribution in [1.29, 1.82) is 0 Å². The summed E-state index contributed by atoms with van der Waals surface area (Å²) >= 11 is 0. The Morgan fingerprint density at radius 2 is 1.85 bits per heavy atom. The van der Waals surface area contributed by atoms with E-state index in [0.29, 0.717) is 10.9 Å². The Balaban J connectivity index is 2.49. The van der Waals surface area contributed by atoms with Crippen LogP contribution in [0.15, 0.2) is 29.1 Å². The molecule has 1 amide bonds. The number of ether oxygens (including phenoxy) is 1. The number of aryl methyl sites for hydroxylation is 1. The van der Waals surface area contributed by atoms with Crippen molar-refractivity contribution in [1.82, 2.24) is 9.88 Å². The number of benzene rings is 1. The zero-order valence-corrected chi connectivity index (χ0v) is 15.7. The van der Waals surface area contributed by atoms with E-state index in [-0.39, 0.29) is 17.3 Å². The fourth-order valence-corrected chi connectivity index (χ4v) is 2.44. The van der Waals surface area contributed by atoms with Crippen LogP contribution in [0.25, 0.3) is 10.9 Å². The molecule has 130 valence electrons. The largest absolute Gasteiger partial charge is 0.491 e. The lowest BCUT2D eigenvalue weighted by Gasteiger charge is -2.30. The summed E-state index contributed by atoms with van der Waals surface area (Å²) in [6.07, 6.45) is 0. The van der Waals surface area contributed by atoms with Gasteiger partial charge in [0.25, 0.3) is 11.2 Å². The van der Waals surface area contributed by atoms with Gasteiger partial charge in [-0.2, -0.15) is 0 Å². The minimum Gasteiger partial charge on any atom is -0.491 e. The SMILES string of the molecule is BC(B)(B)NC(=O)C(B)(B)Oc1cc2cc([N+](=O)[O-])ccc2n(C)c1=O. The number of nitrogens with zero attached hydrogens (tertiary/aromatic N) is 2. The van der Waals surface area contributed by atoms with E-state index in [2.05, 4.69) is 5.32 Å². The van der Waals surface area contributed by atoms with Gasteiger partial charge in [-0.1, -0.05) is 0 Å². The van der Waals surface area contributed by atoms with E-state index >= 15 is 0 Å². The molecule has 8 nitrogen and oxygen atoms in total. The number of aromatic nitrogens is 1. The van der Waals surface area contributed by atoms with Crippen LogP contribution in [0.3, 0.4) is 0 Å². The first-order valence-corrected chi connectivity index (χ1v) is 8.12. The summed E-state index contributed by atoms with van der Waals surface area (Å²) in [6, 6.07) is 5.64. The molecule has 0 aliphatic rings. The van der Waals surface area contributed by atoms with Crippen molar-refractivity contribution in [3.05, 3.63) is 44.7 Å². The molecule has 0 aliphatic heterocycles. The Morgan fingerprint density at radius 3 is 2.38 bits per heavy atom. The highest BCUT2D eigenvalue weighted by Crippen LogP contribution is 2.23. The number of nitrogens with one attached hydrogen (secondary N) is 1. The molecule has 1 aromatic heterocycles. The molecule has 0 spiro atoms. The van der Waals surface area contributed by atoms with Gasteiger partial charge < -0.3 is 14.6 Å². The van der Waals surface area contributed by atoms with Crippen molar-refractivity contribution < 1.29 is 14.5 Å². The van der Waals surface area contributed by atoms with Crippen LogP contribution in [-0.2, 0) is 11.8 Å². The van der Waals surface area contributed by atoms with E-state index in [1.807, 2.05) is 23.5 Å². The van der Waals surface area contributed by atoms with Gasteiger partial charge in [0.2, 0.25) is 5.91 Å². The molecule has 0 atom stereocenters. The van der Waals surface area contributed by atoms with Crippen LogP contribution in [-0.4, -0.2) is 65.3 Å². The second-order valence-electron chi connectivity index (χ2n) is 7.69. The van der Waals surface area contributed by atoms with Gasteiger partial charge in [0.05, 0.1) is 10.4 Å². The first-order chi connectivity index (χ1) is 11.8. The lowest BCUT2D eigenvalue weighted by Crippen LogP contribution is -2.61. The van der Waals surface area contributed by atoms with Crippen molar-refractivity contribution in [2.75, 3.05) is 0 Å². The number of carbonyl (C=O) groups is 1. The molecule has 26 heavy (non-hydrogen) atoms. The zero-order valence-electron chi connectivity index (χ0n) is 15.7. The maximum absolute atomic E-state index is 12.6. The molecular weight excluding hydrogens is 332 g/mol. The molecule has 2 rings (SSSR count). The second kappa shape index (κ2) is 6.62. The van der Waals surface area contributed by atoms with Crippen LogP contribution in [0.2, 0.25) is 0 Å². The Hall–Kier alpha value is -2.58. The Morgan fingerprint density at radius 1 is 1.23 bits per heavy atom. The van der Waals surface area contributed by atoms with E-state index in [0.717, 1.165) is 0 Å². The molecule has 0 unspecified atom stereocenters. The highest BCUT2D eigenvalue weighted by Gasteiger charge is 2.33. The number of carbonyl (C=O) groups excluding carboxylic acids is 1. The molecular formula is C13H18B5N3O5. The minimum absolute atomic E-state index is 0.0467. The van der Waals surface area contributed by atoms with Crippen LogP contribution in [0, 0.1) is 10.1 Å². The van der Waals surface area contributed by atoms with Gasteiger partial charge in [-0.3, -0.25) is 19.7 Å². The predicted octanol–water partition coefficient (Wildman–Crippen LogP) is -4.63. The summed E-state index contributed by atoms with van der Waals surface area (Å²) in [6.45, 7) is 0. The van der Waals surface area contributed by atoms with Crippen LogP contribution in [0.5, 0.6) is 5.75 Å². The smallest absolute Gasteiger partial charge is 0.293 e. The fraction of sp³-hybridized carbons (Fsp3) is 0.231. The second-order valence-corrected chi connectivity index (χ2v) is 7.69. The number of fused-ring (bicyclic) bond motifs is 1. The molecule has 2 aromatic rings. The van der Waals surface area contributed by atoms with E-state index < -0.39 is 21.1 Å². The normalized spacial score (nSPS) is 11.9. The Labute approximate surface area is 154 Å². The van der Waals surface area contributed by atoms with E-state index in [4.69, 9.17) is 4.74 Å². The van der Waals surface area contributed by atoms with Crippen molar-refractivity contribution in [2.24, 2.45) is 7.05 Å². The third kappa shape index (κ3) is 4.15. The van der Waals surface area contributed by atoms with E-state index in [1.54, 1.807) is 22.7 Å². The number of non-ortho nitro benzene ring substituents is 1. The summed E-state index contributed by atoms with van der Waals surface area (Å²) in [5, 5.41) is 12.5. The summed E-state index contributed by atoms with van der Waals surface area (Å²) in [7, 11) is 10.2. The van der Waals surface area contributed by atoms with Crippen molar-refractivity contribution in [3.63, 3.8) is 0 Å². The molecule has 13 heteroatoms. The van der Waals surface area contributed by atoms with Crippen LogP contribution in [0.4, 0.5) is 5.69 Å². The Kier molecular flexibility index (Phi) is 5.03. The van der Waals surface area contributed by atoms with Crippen LogP contribution in [0.1, 0.15) is 0 Å². The average molecular weight is 350 g/mol. The lowest BCUT2D eigenvalue weighted by molar-refractivity contribution is -0.384. The number of rotatable bonds is 5. The standard InChI is InChI=1S/C13H18B5N3O5/c1-20-8-3-2-7(21(24)25)4-6(8)5-9(10(20)22)26-12(14,15)11(23)19-13(16,17)18/h2-5H,14-18H2,1H3,(H,19,23). The predicted molar refractivity (Wildman–Crippen MR) is 113 cm³/mol. The molecule has 0 fully saturated rings. The molecule has 0 saturated carbocycles. The van der Waals surface area contributed by atoms with Crippen molar-refractivity contribution in [3.8, 4) is 5.75 Å². The maximum Gasteiger partial charge on any atom is 0.293 e. The lowest BCUT2D eigenvalue weighted by atomic mass is 9.49. The Bertz CT molecular complexity index is 954. The highest BCUT2D eigenvalue weighted by atomic mass is 16.6. The van der Waals surface area contributed by atoms with Gasteiger partial charge in [0, 0.05) is 24.6 Å². The summed E-state index contributed by atoms with van der Waals surface area (Å²) < 4.78 is 7.05. The maximum atomic E-state index is 12.6. The molecule has 0 radical (unpaired) electrons. The fourth-order valence-electron chi connectivity index (χ4n) is 2.44. The average Bonchev–Trinajstić information content (AvgIpc) is 2.49. The number of hydrogen-bond acceptors (Lipinski definition) is 5. The topological polar surface area (TPSA) is 103 Å². The van der Waals surface area contributed by atoms with Crippen LogP contribution < -0.4 is 15.6 Å². The van der Waals surface area contributed by atoms with Crippen molar-refractivity contribution >= 4 is 61.7 Å². The number of hydrogen-bond donors (Lipinski definition) is 1. The van der Waals surface area contributed by atoms with E-state index in [9.17, 15) is 19.7 Å². The molecule has 0 aliphatic carbocycles. The number of nitro benzene ring substituents is 1. The quantitative estimate of drug-likeness (QED) is 0.332. The highest BCUT2D eigenvalue weighted by molar-refractivity contribution is 6.61. The third-order valence-corrected chi connectivity index (χ3v) is 3.79. The summed E-state index contributed by atoms with van der Waals surface area (Å²) in [4.78, 5) is 35.5. The number of amides is 1. The van der Waals surface area contributed by atoms with Gasteiger partial charge in [-0.25, -0.2) is 0 Å². The van der Waals surface area contributed by atoms with Gasteiger partial charge in [0.15, 0.2) is 21.4 Å².